The third kappa shape index (κ3) is 4.11. The maximum absolute atomic E-state index is 6.07. The second-order valence-electron chi connectivity index (χ2n) is 6.23. The van der Waals surface area contributed by atoms with Crippen molar-refractivity contribution in [2.24, 2.45) is 0 Å². The predicted octanol–water partition coefficient (Wildman–Crippen LogP) is 5.60. The normalized spacial score (nSPS) is 17.8. The van der Waals surface area contributed by atoms with Crippen molar-refractivity contribution in [3.05, 3.63) is 40.0 Å². The first kappa shape index (κ1) is 17.3. The summed E-state index contributed by atoms with van der Waals surface area (Å²) in [6.45, 7) is 5.24. The van der Waals surface area contributed by atoms with Gasteiger partial charge in [0.1, 0.15) is 5.82 Å². The lowest BCUT2D eigenvalue weighted by Crippen LogP contribution is -2.40. The number of nitrogens with one attached hydrogen (secondary N) is 1. The van der Waals surface area contributed by atoms with Crippen LogP contribution >= 0.6 is 23.2 Å². The number of hydrogen-bond acceptors (Lipinski definition) is 4. The SMILES string of the molecule is CCC1CCCCN1c1nc(C)cc(Nc2cc(Cl)cc(Cl)c2)n1. The van der Waals surface area contributed by atoms with Crippen molar-refractivity contribution < 1.29 is 0 Å². The molecule has 4 nitrogen and oxygen atoms in total. The van der Waals surface area contributed by atoms with E-state index in [9.17, 15) is 0 Å². The zero-order chi connectivity index (χ0) is 17.1. The third-order valence-corrected chi connectivity index (χ3v) is 4.77. The number of benzene rings is 1. The van der Waals surface area contributed by atoms with Crippen LogP contribution in [0.15, 0.2) is 24.3 Å². The number of hydrogen-bond donors (Lipinski definition) is 1. The van der Waals surface area contributed by atoms with Crippen LogP contribution in [-0.2, 0) is 0 Å². The van der Waals surface area contributed by atoms with Gasteiger partial charge in [-0.2, -0.15) is 4.98 Å². The molecule has 0 radical (unpaired) electrons. The van der Waals surface area contributed by atoms with Gasteiger partial charge >= 0.3 is 0 Å². The Balaban J connectivity index is 1.88. The van der Waals surface area contributed by atoms with E-state index in [1.54, 1.807) is 6.07 Å². The fraction of sp³-hybridized carbons (Fsp3) is 0.444. The zero-order valence-corrected chi connectivity index (χ0v) is 15.5. The summed E-state index contributed by atoms with van der Waals surface area (Å²) in [5.41, 5.74) is 1.76. The van der Waals surface area contributed by atoms with Gasteiger partial charge in [-0.1, -0.05) is 30.1 Å². The minimum absolute atomic E-state index is 0.522. The molecule has 1 atom stereocenters. The topological polar surface area (TPSA) is 41.1 Å². The molecule has 0 spiro atoms. The van der Waals surface area contributed by atoms with Gasteiger partial charge in [0.15, 0.2) is 0 Å². The molecule has 0 amide bonds. The molecule has 1 saturated heterocycles. The highest BCUT2D eigenvalue weighted by atomic mass is 35.5. The lowest BCUT2D eigenvalue weighted by Gasteiger charge is -2.35. The molecule has 2 heterocycles. The maximum Gasteiger partial charge on any atom is 0.227 e. The molecule has 128 valence electrons. The Hall–Kier alpha value is -1.52. The Morgan fingerprint density at radius 1 is 1.12 bits per heavy atom. The van der Waals surface area contributed by atoms with Gasteiger partial charge in [-0.3, -0.25) is 0 Å². The molecular weight excluding hydrogens is 343 g/mol. The molecule has 0 aliphatic carbocycles. The Kier molecular flexibility index (Phi) is 5.47. The van der Waals surface area contributed by atoms with Gasteiger partial charge in [-0.15, -0.1) is 0 Å². The quantitative estimate of drug-likeness (QED) is 0.765. The second-order valence-corrected chi connectivity index (χ2v) is 7.10. The Morgan fingerprint density at radius 3 is 2.58 bits per heavy atom. The van der Waals surface area contributed by atoms with Crippen molar-refractivity contribution in [2.75, 3.05) is 16.8 Å². The van der Waals surface area contributed by atoms with Crippen molar-refractivity contribution >= 4 is 40.7 Å². The van der Waals surface area contributed by atoms with E-state index in [1.165, 1.54) is 19.3 Å². The van der Waals surface area contributed by atoms with Crippen LogP contribution in [0, 0.1) is 6.92 Å². The number of aromatic nitrogens is 2. The monoisotopic (exact) mass is 364 g/mol. The van der Waals surface area contributed by atoms with Crippen LogP contribution < -0.4 is 10.2 Å². The van der Waals surface area contributed by atoms with Gasteiger partial charge < -0.3 is 10.2 Å². The molecule has 1 N–H and O–H groups in total. The van der Waals surface area contributed by atoms with Crippen LogP contribution in [0.4, 0.5) is 17.5 Å². The highest BCUT2D eigenvalue weighted by Gasteiger charge is 2.23. The molecule has 0 saturated carbocycles. The van der Waals surface area contributed by atoms with Crippen molar-refractivity contribution in [3.63, 3.8) is 0 Å². The Morgan fingerprint density at radius 2 is 1.88 bits per heavy atom. The third-order valence-electron chi connectivity index (χ3n) is 4.33. The van der Waals surface area contributed by atoms with E-state index in [2.05, 4.69) is 22.1 Å². The largest absolute Gasteiger partial charge is 0.340 e. The second kappa shape index (κ2) is 7.58. The maximum atomic E-state index is 6.07. The van der Waals surface area contributed by atoms with E-state index in [0.29, 0.717) is 16.1 Å². The van der Waals surface area contributed by atoms with Crippen molar-refractivity contribution in [3.8, 4) is 0 Å². The first-order chi connectivity index (χ1) is 11.5. The van der Waals surface area contributed by atoms with E-state index in [1.807, 2.05) is 25.1 Å². The van der Waals surface area contributed by atoms with Crippen LogP contribution in [0.1, 0.15) is 38.3 Å². The zero-order valence-electron chi connectivity index (χ0n) is 14.0. The number of aryl methyl sites for hydroxylation is 1. The van der Waals surface area contributed by atoms with Crippen LogP contribution in [0.5, 0.6) is 0 Å². The molecule has 0 bridgehead atoms. The lowest BCUT2D eigenvalue weighted by atomic mass is 10.0. The number of piperidine rings is 1. The summed E-state index contributed by atoms with van der Waals surface area (Å²) in [5, 5.41) is 4.48. The van der Waals surface area contributed by atoms with Gasteiger partial charge in [0, 0.05) is 40.1 Å². The Labute approximate surface area is 153 Å². The molecule has 1 unspecified atom stereocenters. The lowest BCUT2D eigenvalue weighted by molar-refractivity contribution is 0.443. The summed E-state index contributed by atoms with van der Waals surface area (Å²) < 4.78 is 0. The highest BCUT2D eigenvalue weighted by molar-refractivity contribution is 6.35. The molecule has 1 aromatic carbocycles. The molecule has 1 aliphatic heterocycles. The number of nitrogens with zero attached hydrogens (tertiary/aromatic N) is 3. The summed E-state index contributed by atoms with van der Waals surface area (Å²) in [6, 6.07) is 7.84. The molecule has 1 fully saturated rings. The van der Waals surface area contributed by atoms with Crippen molar-refractivity contribution in [1.82, 2.24) is 9.97 Å². The van der Waals surface area contributed by atoms with Crippen molar-refractivity contribution in [1.29, 1.82) is 0 Å². The van der Waals surface area contributed by atoms with Gasteiger partial charge in [0.25, 0.3) is 0 Å². The van der Waals surface area contributed by atoms with Crippen molar-refractivity contribution in [2.45, 2.75) is 45.6 Å². The highest BCUT2D eigenvalue weighted by Crippen LogP contribution is 2.28. The van der Waals surface area contributed by atoms with Gasteiger partial charge in [0.05, 0.1) is 0 Å². The molecule has 6 heteroatoms. The number of halogens is 2. The molecular formula is C18H22Cl2N4. The minimum Gasteiger partial charge on any atom is -0.340 e. The first-order valence-corrected chi connectivity index (χ1v) is 9.16. The average molecular weight is 365 g/mol. The molecule has 3 rings (SSSR count). The first-order valence-electron chi connectivity index (χ1n) is 8.40. The Bertz CT molecular complexity index is 700. The number of anilines is 3. The summed E-state index contributed by atoms with van der Waals surface area (Å²) in [4.78, 5) is 11.7. The van der Waals surface area contributed by atoms with E-state index >= 15 is 0 Å². The summed E-state index contributed by atoms with van der Waals surface area (Å²) in [7, 11) is 0. The van der Waals surface area contributed by atoms with E-state index < -0.39 is 0 Å². The van der Waals surface area contributed by atoms with Crippen LogP contribution in [-0.4, -0.2) is 22.6 Å². The standard InChI is InChI=1S/C18H22Cl2N4/c1-3-16-6-4-5-7-24(16)18-21-12(2)8-17(23-18)22-15-10-13(19)9-14(20)11-15/h8-11,16H,3-7H2,1-2H3,(H,21,22,23). The predicted molar refractivity (Wildman–Crippen MR) is 102 cm³/mol. The van der Waals surface area contributed by atoms with Crippen LogP contribution in [0.25, 0.3) is 0 Å². The summed E-state index contributed by atoms with van der Waals surface area (Å²) in [5.74, 6) is 1.56. The minimum atomic E-state index is 0.522. The molecule has 24 heavy (non-hydrogen) atoms. The smallest absolute Gasteiger partial charge is 0.227 e. The average Bonchev–Trinajstić information content (AvgIpc) is 2.53. The van der Waals surface area contributed by atoms with E-state index in [4.69, 9.17) is 28.2 Å². The van der Waals surface area contributed by atoms with Gasteiger partial charge in [-0.05, 0) is 50.8 Å². The summed E-state index contributed by atoms with van der Waals surface area (Å²) in [6.07, 6.45) is 4.80. The fourth-order valence-electron chi connectivity index (χ4n) is 3.21. The number of rotatable bonds is 4. The molecule has 1 aromatic heterocycles. The van der Waals surface area contributed by atoms with Gasteiger partial charge in [0.2, 0.25) is 5.95 Å². The molecule has 1 aliphatic rings. The van der Waals surface area contributed by atoms with Crippen LogP contribution in [0.3, 0.4) is 0 Å². The summed E-state index contributed by atoms with van der Waals surface area (Å²) >= 11 is 12.1. The fourth-order valence-corrected chi connectivity index (χ4v) is 3.73. The molecule has 2 aromatic rings. The van der Waals surface area contributed by atoms with Gasteiger partial charge in [-0.25, -0.2) is 4.98 Å². The van der Waals surface area contributed by atoms with E-state index in [-0.39, 0.29) is 0 Å². The van der Waals surface area contributed by atoms with E-state index in [0.717, 1.165) is 36.1 Å². The van der Waals surface area contributed by atoms with Crippen LogP contribution in [0.2, 0.25) is 10.0 Å².